The molecule has 2 atom stereocenters. The molecular weight excluding hydrogens is 897 g/mol. The third-order valence-electron chi connectivity index (χ3n) is 11.2. The van der Waals surface area contributed by atoms with Crippen molar-refractivity contribution in [2.75, 3.05) is 43.1 Å². The number of fused-ring (bicyclic) bond motifs is 2. The zero-order valence-electron chi connectivity index (χ0n) is 38.0. The topological polar surface area (TPSA) is 134 Å². The lowest BCUT2D eigenvalue weighted by Crippen LogP contribution is -2.40. The van der Waals surface area contributed by atoms with Gasteiger partial charge in [0, 0.05) is 46.5 Å². The molecule has 0 amide bonds. The van der Waals surface area contributed by atoms with E-state index in [0.717, 1.165) is 110 Å². The third kappa shape index (κ3) is 14.1. The first-order valence-electron chi connectivity index (χ1n) is 22.2. The standard InChI is InChI=1S/C23H28F2N4S.C15H22N4S.C9H10F2O3S/c1-14(2)11-17-12-18-22(26-13-27-23(18)30-17)28-16-7-9-29(10-8-16)15(3)21-19(24)5-4-6-20(21)25;1-10(2)7-12-8-13-14(17-9-18-15(13)20-12)19-11-3-5-16-6-4-11;1-6(14-15(2,12)13)9-7(10)4-3-5-8(9)11/h4-6,12-16H,7-11H2,1-3H3,(H,26,27,28);8-11,16H,3-7H2,1-2H3,(H,17,18,19);3-6H,1-2H3. The summed E-state index contributed by atoms with van der Waals surface area (Å²) < 4.78 is 80.7. The summed E-state index contributed by atoms with van der Waals surface area (Å²) in [4.78, 5) is 24.8. The Morgan fingerprint density at radius 1 is 0.692 bits per heavy atom. The molecule has 11 nitrogen and oxygen atoms in total. The van der Waals surface area contributed by atoms with E-state index in [9.17, 15) is 26.0 Å². The van der Waals surface area contributed by atoms with Crippen molar-refractivity contribution in [3.05, 3.63) is 105 Å². The molecule has 2 unspecified atom stereocenters. The Kier molecular flexibility index (Phi) is 17.7. The zero-order valence-corrected chi connectivity index (χ0v) is 40.5. The Labute approximate surface area is 388 Å². The SMILES string of the molecule is CC(C)Cc1cc2c(NC3CCN(C(C)c4c(F)cccc4F)CC3)ncnc2s1.CC(C)Cc1cc2c(NC3CCNCC3)ncnc2s1.CC(OS(C)(=O)=O)c1c(F)cccc1F. The minimum absolute atomic E-state index is 0.164. The summed E-state index contributed by atoms with van der Waals surface area (Å²) in [5.41, 5.74) is -0.222. The number of rotatable bonds is 13. The van der Waals surface area contributed by atoms with Crippen LogP contribution in [0.2, 0.25) is 0 Å². The van der Waals surface area contributed by atoms with E-state index >= 15 is 0 Å². The van der Waals surface area contributed by atoms with Crippen LogP contribution < -0.4 is 16.0 Å². The van der Waals surface area contributed by atoms with E-state index < -0.39 is 39.5 Å². The number of hydrogen-bond acceptors (Lipinski definition) is 13. The minimum atomic E-state index is -3.74. The van der Waals surface area contributed by atoms with Crippen LogP contribution in [0.5, 0.6) is 0 Å². The van der Waals surface area contributed by atoms with Gasteiger partial charge >= 0.3 is 0 Å². The van der Waals surface area contributed by atoms with Crippen molar-refractivity contribution in [3.8, 4) is 0 Å². The number of hydrogen-bond donors (Lipinski definition) is 3. The van der Waals surface area contributed by atoms with Crippen LogP contribution in [0, 0.1) is 35.1 Å². The molecule has 8 rings (SSSR count). The van der Waals surface area contributed by atoms with Crippen LogP contribution >= 0.6 is 22.7 Å². The average Bonchev–Trinajstić information content (AvgIpc) is 3.85. The van der Waals surface area contributed by atoms with Crippen LogP contribution in [-0.2, 0) is 27.1 Å². The zero-order chi connectivity index (χ0) is 46.8. The number of aromatic nitrogens is 4. The van der Waals surface area contributed by atoms with Gasteiger partial charge in [-0.1, -0.05) is 39.8 Å². The number of thiophene rings is 2. The largest absolute Gasteiger partial charge is 0.367 e. The van der Waals surface area contributed by atoms with Gasteiger partial charge in [0.15, 0.2) is 0 Å². The second kappa shape index (κ2) is 22.9. The fourth-order valence-electron chi connectivity index (χ4n) is 8.13. The van der Waals surface area contributed by atoms with E-state index in [1.807, 2.05) is 6.92 Å². The number of benzene rings is 2. The fraction of sp³-hybridized carbons (Fsp3) is 0.489. The molecule has 2 aliphatic rings. The van der Waals surface area contributed by atoms with E-state index in [1.165, 1.54) is 46.3 Å². The van der Waals surface area contributed by atoms with Gasteiger partial charge in [0.05, 0.1) is 22.6 Å². The maximum atomic E-state index is 14.2. The molecule has 0 spiro atoms. The number of likely N-dealkylation sites (tertiary alicyclic amines) is 1. The van der Waals surface area contributed by atoms with Gasteiger partial charge in [-0.15, -0.1) is 22.7 Å². The molecule has 2 saturated heterocycles. The van der Waals surface area contributed by atoms with Crippen molar-refractivity contribution in [1.82, 2.24) is 30.2 Å². The first kappa shape index (κ1) is 50.1. The van der Waals surface area contributed by atoms with Crippen molar-refractivity contribution in [3.63, 3.8) is 0 Å². The van der Waals surface area contributed by atoms with Gasteiger partial charge in [-0.2, -0.15) is 8.42 Å². The maximum Gasteiger partial charge on any atom is 0.264 e. The van der Waals surface area contributed by atoms with E-state index in [1.54, 1.807) is 35.3 Å². The summed E-state index contributed by atoms with van der Waals surface area (Å²) in [6, 6.07) is 12.4. The first-order chi connectivity index (χ1) is 30.9. The molecule has 352 valence electrons. The Morgan fingerprint density at radius 3 is 1.55 bits per heavy atom. The van der Waals surface area contributed by atoms with Crippen molar-refractivity contribution < 1.29 is 30.2 Å². The molecule has 18 heteroatoms. The Hall–Kier alpha value is -4.33. The summed E-state index contributed by atoms with van der Waals surface area (Å²) >= 11 is 3.53. The molecule has 0 radical (unpaired) electrons. The highest BCUT2D eigenvalue weighted by Crippen LogP contribution is 2.34. The normalized spacial score (nSPS) is 16.3. The molecule has 6 aromatic rings. The number of halogens is 4. The number of nitrogens with zero attached hydrogens (tertiary/aromatic N) is 5. The number of piperidine rings is 2. The highest BCUT2D eigenvalue weighted by atomic mass is 32.2. The van der Waals surface area contributed by atoms with Crippen molar-refractivity contribution in [2.45, 2.75) is 104 Å². The molecule has 0 bridgehead atoms. The van der Waals surface area contributed by atoms with Gasteiger partial charge in [-0.25, -0.2) is 37.5 Å². The van der Waals surface area contributed by atoms with Crippen LogP contribution in [0.1, 0.15) is 100 Å². The lowest BCUT2D eigenvalue weighted by Gasteiger charge is -2.36. The second-order valence-corrected chi connectivity index (χ2v) is 21.3. The van der Waals surface area contributed by atoms with Gasteiger partial charge in [0.25, 0.3) is 10.1 Å². The second-order valence-electron chi connectivity index (χ2n) is 17.5. The summed E-state index contributed by atoms with van der Waals surface area (Å²) in [5.74, 6) is 0.579. The van der Waals surface area contributed by atoms with Crippen LogP contribution in [0.15, 0.2) is 61.2 Å². The lowest BCUT2D eigenvalue weighted by atomic mass is 9.99. The van der Waals surface area contributed by atoms with Crippen molar-refractivity contribution >= 4 is 64.9 Å². The van der Waals surface area contributed by atoms with Gasteiger partial charge in [-0.05, 0) is 114 Å². The fourth-order valence-corrected chi connectivity index (χ4v) is 11.2. The van der Waals surface area contributed by atoms with Gasteiger partial charge in [0.1, 0.15) is 63.3 Å². The Balaban J connectivity index is 0.000000173. The smallest absolute Gasteiger partial charge is 0.264 e. The molecule has 2 aromatic carbocycles. The van der Waals surface area contributed by atoms with Crippen LogP contribution in [0.4, 0.5) is 29.2 Å². The summed E-state index contributed by atoms with van der Waals surface area (Å²) in [7, 11) is -3.74. The molecule has 0 saturated carbocycles. The first-order valence-corrected chi connectivity index (χ1v) is 25.6. The van der Waals surface area contributed by atoms with E-state index in [0.29, 0.717) is 17.9 Å². The van der Waals surface area contributed by atoms with Crippen LogP contribution in [-0.4, -0.2) is 77.8 Å². The van der Waals surface area contributed by atoms with E-state index in [-0.39, 0.29) is 23.2 Å². The predicted molar refractivity (Wildman–Crippen MR) is 255 cm³/mol. The molecular formula is C47H60F4N8O3S3. The molecule has 3 N–H and O–H groups in total. The van der Waals surface area contributed by atoms with Crippen LogP contribution in [0.25, 0.3) is 20.4 Å². The highest BCUT2D eigenvalue weighted by Gasteiger charge is 2.28. The Morgan fingerprint density at radius 2 is 1.12 bits per heavy atom. The van der Waals surface area contributed by atoms with E-state index in [2.05, 4.69) is 84.8 Å². The quantitative estimate of drug-likeness (QED) is 0.0754. The monoisotopic (exact) mass is 956 g/mol. The molecule has 65 heavy (non-hydrogen) atoms. The molecule has 2 aliphatic heterocycles. The average molecular weight is 957 g/mol. The van der Waals surface area contributed by atoms with Gasteiger partial charge in [-0.3, -0.25) is 9.08 Å². The highest BCUT2D eigenvalue weighted by molar-refractivity contribution is 7.86. The summed E-state index contributed by atoms with van der Waals surface area (Å²) in [6.07, 6.45) is 9.23. The maximum absolute atomic E-state index is 14.2. The van der Waals surface area contributed by atoms with Gasteiger partial charge < -0.3 is 16.0 Å². The molecule has 6 heterocycles. The lowest BCUT2D eigenvalue weighted by molar-refractivity contribution is 0.162. The Bertz CT molecular complexity index is 2560. The third-order valence-corrected chi connectivity index (χ3v) is 14.0. The predicted octanol–water partition coefficient (Wildman–Crippen LogP) is 10.9. The number of anilines is 2. The van der Waals surface area contributed by atoms with Crippen molar-refractivity contribution in [2.24, 2.45) is 11.8 Å². The minimum Gasteiger partial charge on any atom is -0.367 e. The van der Waals surface area contributed by atoms with Crippen LogP contribution in [0.3, 0.4) is 0 Å². The molecule has 4 aromatic heterocycles. The molecule has 0 aliphatic carbocycles. The summed E-state index contributed by atoms with van der Waals surface area (Å²) in [6.45, 7) is 15.8. The van der Waals surface area contributed by atoms with E-state index in [4.69, 9.17) is 0 Å². The molecule has 2 fully saturated rings. The van der Waals surface area contributed by atoms with Crippen molar-refractivity contribution in [1.29, 1.82) is 0 Å². The van der Waals surface area contributed by atoms with Gasteiger partial charge in [0.2, 0.25) is 0 Å². The summed E-state index contributed by atoms with van der Waals surface area (Å²) in [5, 5.41) is 12.9. The number of nitrogens with one attached hydrogen (secondary N) is 3.